The first kappa shape index (κ1) is 7.98. The van der Waals surface area contributed by atoms with Crippen LogP contribution in [0.15, 0.2) is 0 Å². The van der Waals surface area contributed by atoms with E-state index >= 15 is 0 Å². The average molecular weight is 145 g/mol. The van der Waals surface area contributed by atoms with Gasteiger partial charge in [0.05, 0.1) is 32.5 Å². The molecule has 1 N–H and O–H groups in total. The lowest BCUT2D eigenvalue weighted by Crippen LogP contribution is -2.06. The van der Waals surface area contributed by atoms with Crippen molar-refractivity contribution >= 4 is 0 Å². The standard InChI is InChI=1S/C7H13O3/c8-3-4-9-5-6-10-7-1-2-7/h8H,1-6H2. The van der Waals surface area contributed by atoms with Crippen LogP contribution < -0.4 is 0 Å². The van der Waals surface area contributed by atoms with E-state index in [0.29, 0.717) is 19.8 Å². The highest BCUT2D eigenvalue weighted by Gasteiger charge is 2.23. The number of aliphatic hydroxyl groups excluding tert-OH is 1. The second kappa shape index (κ2) is 4.66. The molecule has 0 aromatic carbocycles. The van der Waals surface area contributed by atoms with Crippen molar-refractivity contribution in [1.82, 2.24) is 0 Å². The Morgan fingerprint density at radius 1 is 1.20 bits per heavy atom. The molecule has 3 heteroatoms. The minimum absolute atomic E-state index is 0.0938. The summed E-state index contributed by atoms with van der Waals surface area (Å²) in [4.78, 5) is 0. The van der Waals surface area contributed by atoms with Crippen molar-refractivity contribution in [2.45, 2.75) is 12.8 Å². The van der Waals surface area contributed by atoms with E-state index in [-0.39, 0.29) is 6.61 Å². The van der Waals surface area contributed by atoms with Gasteiger partial charge in [-0.25, -0.2) is 0 Å². The molecule has 0 aromatic heterocycles. The predicted octanol–water partition coefficient (Wildman–Crippen LogP) is 0.338. The summed E-state index contributed by atoms with van der Waals surface area (Å²) in [5.41, 5.74) is 0. The molecule has 0 amide bonds. The highest BCUT2D eigenvalue weighted by atomic mass is 16.5. The summed E-state index contributed by atoms with van der Waals surface area (Å²) < 4.78 is 10.2. The molecule has 0 bridgehead atoms. The van der Waals surface area contributed by atoms with Crippen LogP contribution >= 0.6 is 0 Å². The molecule has 0 aliphatic heterocycles. The zero-order chi connectivity index (χ0) is 7.23. The first-order chi connectivity index (χ1) is 4.93. The molecular weight excluding hydrogens is 132 g/mol. The first-order valence-electron chi connectivity index (χ1n) is 3.59. The molecule has 59 valence electrons. The summed E-state index contributed by atoms with van der Waals surface area (Å²) in [7, 11) is 0. The maximum atomic E-state index is 8.32. The Balaban J connectivity index is 1.68. The minimum Gasteiger partial charge on any atom is -0.394 e. The van der Waals surface area contributed by atoms with Gasteiger partial charge in [0.1, 0.15) is 0 Å². The lowest BCUT2D eigenvalue weighted by molar-refractivity contribution is 0.0479. The molecule has 1 radical (unpaired) electrons. The molecule has 0 saturated heterocycles. The van der Waals surface area contributed by atoms with Crippen molar-refractivity contribution in [2.24, 2.45) is 0 Å². The van der Waals surface area contributed by atoms with Crippen LogP contribution in [0.1, 0.15) is 12.8 Å². The second-order valence-corrected chi connectivity index (χ2v) is 2.22. The molecule has 1 aliphatic carbocycles. The Kier molecular flexibility index (Phi) is 3.72. The summed E-state index contributed by atoms with van der Waals surface area (Å²) >= 11 is 0. The fourth-order valence-corrected chi connectivity index (χ4v) is 0.607. The van der Waals surface area contributed by atoms with Crippen molar-refractivity contribution in [3.05, 3.63) is 6.10 Å². The molecule has 1 rings (SSSR count). The largest absolute Gasteiger partial charge is 0.394 e. The SMILES string of the molecule is OCCOCCO[C]1CC1. The van der Waals surface area contributed by atoms with Crippen molar-refractivity contribution in [3.63, 3.8) is 0 Å². The van der Waals surface area contributed by atoms with Crippen LogP contribution in [0, 0.1) is 6.10 Å². The van der Waals surface area contributed by atoms with Gasteiger partial charge in [0.2, 0.25) is 0 Å². The molecule has 1 aliphatic rings. The Morgan fingerprint density at radius 2 is 2.00 bits per heavy atom. The number of hydrogen-bond acceptors (Lipinski definition) is 3. The summed E-state index contributed by atoms with van der Waals surface area (Å²) in [6, 6.07) is 0. The fourth-order valence-electron chi connectivity index (χ4n) is 0.607. The van der Waals surface area contributed by atoms with Gasteiger partial charge in [0.15, 0.2) is 0 Å². The molecule has 10 heavy (non-hydrogen) atoms. The van der Waals surface area contributed by atoms with Crippen LogP contribution in [0.25, 0.3) is 0 Å². The first-order valence-corrected chi connectivity index (χ1v) is 3.59. The molecule has 1 fully saturated rings. The van der Waals surface area contributed by atoms with Crippen molar-refractivity contribution < 1.29 is 14.6 Å². The second-order valence-electron chi connectivity index (χ2n) is 2.22. The van der Waals surface area contributed by atoms with E-state index in [1.807, 2.05) is 0 Å². The van der Waals surface area contributed by atoms with Crippen LogP contribution in [0.2, 0.25) is 0 Å². The molecule has 0 spiro atoms. The smallest absolute Gasteiger partial charge is 0.0974 e. The molecule has 0 heterocycles. The van der Waals surface area contributed by atoms with E-state index in [0.717, 1.165) is 12.8 Å². The summed E-state index contributed by atoms with van der Waals surface area (Å²) in [5.74, 6) is 0. The van der Waals surface area contributed by atoms with Crippen molar-refractivity contribution in [1.29, 1.82) is 0 Å². The average Bonchev–Trinajstić information content (AvgIpc) is 2.71. The number of rotatable bonds is 6. The zero-order valence-corrected chi connectivity index (χ0v) is 6.01. The van der Waals surface area contributed by atoms with Crippen molar-refractivity contribution in [2.75, 3.05) is 26.4 Å². The van der Waals surface area contributed by atoms with Gasteiger partial charge in [-0.1, -0.05) is 0 Å². The normalized spacial score (nSPS) is 17.7. The van der Waals surface area contributed by atoms with Gasteiger partial charge in [0, 0.05) is 0 Å². The number of hydrogen-bond donors (Lipinski definition) is 1. The highest BCUT2D eigenvalue weighted by molar-refractivity contribution is 4.94. The van der Waals surface area contributed by atoms with E-state index in [2.05, 4.69) is 0 Å². The molecular formula is C7H13O3. The molecule has 0 atom stereocenters. The van der Waals surface area contributed by atoms with E-state index < -0.39 is 0 Å². The third kappa shape index (κ3) is 3.82. The lowest BCUT2D eigenvalue weighted by Gasteiger charge is -2.01. The van der Waals surface area contributed by atoms with E-state index in [4.69, 9.17) is 14.6 Å². The van der Waals surface area contributed by atoms with Gasteiger partial charge in [0.25, 0.3) is 0 Å². The Bertz CT molecular complexity index is 80.9. The predicted molar refractivity (Wildman–Crippen MR) is 36.3 cm³/mol. The van der Waals surface area contributed by atoms with Gasteiger partial charge in [-0.2, -0.15) is 0 Å². The van der Waals surface area contributed by atoms with Crippen molar-refractivity contribution in [3.8, 4) is 0 Å². The fraction of sp³-hybridized carbons (Fsp3) is 0.857. The Morgan fingerprint density at radius 3 is 2.60 bits per heavy atom. The summed E-state index contributed by atoms with van der Waals surface area (Å²) in [5, 5.41) is 8.32. The van der Waals surface area contributed by atoms with Crippen LogP contribution in [0.5, 0.6) is 0 Å². The van der Waals surface area contributed by atoms with Crippen LogP contribution in [0.3, 0.4) is 0 Å². The molecule has 0 aromatic rings. The Labute approximate surface area is 60.9 Å². The molecule has 3 nitrogen and oxygen atoms in total. The third-order valence-electron chi connectivity index (χ3n) is 1.22. The molecule has 1 saturated carbocycles. The quantitative estimate of drug-likeness (QED) is 0.548. The molecule has 0 unspecified atom stereocenters. The Hall–Kier alpha value is -0.120. The topological polar surface area (TPSA) is 38.7 Å². The van der Waals surface area contributed by atoms with Crippen LogP contribution in [0.4, 0.5) is 0 Å². The minimum atomic E-state index is 0.0938. The number of ether oxygens (including phenoxy) is 2. The van der Waals surface area contributed by atoms with Gasteiger partial charge in [-0.3, -0.25) is 0 Å². The lowest BCUT2D eigenvalue weighted by atomic mass is 10.7. The number of aliphatic hydroxyl groups is 1. The van der Waals surface area contributed by atoms with Gasteiger partial charge in [-0.05, 0) is 12.8 Å². The van der Waals surface area contributed by atoms with E-state index in [1.165, 1.54) is 6.10 Å². The van der Waals surface area contributed by atoms with E-state index in [9.17, 15) is 0 Å². The van der Waals surface area contributed by atoms with Gasteiger partial charge >= 0.3 is 0 Å². The monoisotopic (exact) mass is 145 g/mol. The maximum Gasteiger partial charge on any atom is 0.0974 e. The van der Waals surface area contributed by atoms with Gasteiger partial charge < -0.3 is 14.6 Å². The van der Waals surface area contributed by atoms with Gasteiger partial charge in [-0.15, -0.1) is 0 Å². The highest BCUT2D eigenvalue weighted by Crippen LogP contribution is 2.32. The van der Waals surface area contributed by atoms with Crippen LogP contribution in [-0.4, -0.2) is 31.5 Å². The maximum absolute atomic E-state index is 8.32. The summed E-state index contributed by atoms with van der Waals surface area (Å²) in [6.45, 7) is 1.73. The summed E-state index contributed by atoms with van der Waals surface area (Å²) in [6.07, 6.45) is 3.44. The zero-order valence-electron chi connectivity index (χ0n) is 6.01. The third-order valence-corrected chi connectivity index (χ3v) is 1.22. The van der Waals surface area contributed by atoms with Crippen LogP contribution in [-0.2, 0) is 9.47 Å². The van der Waals surface area contributed by atoms with E-state index in [1.54, 1.807) is 0 Å².